The standard InChI is InChI=1S/C13H19N3/c1-9(2)15-13(16-14)12-8-11(12)10-6-4-3-5-7-10/h3-7,9,11-12H,8,14H2,1-2H3,(H,15,16). The molecule has 0 radical (unpaired) electrons. The summed E-state index contributed by atoms with van der Waals surface area (Å²) in [6.45, 7) is 4.13. The molecule has 86 valence electrons. The van der Waals surface area contributed by atoms with Crippen LogP contribution in [0.25, 0.3) is 0 Å². The first-order valence-corrected chi connectivity index (χ1v) is 5.81. The zero-order valence-electron chi connectivity index (χ0n) is 9.85. The van der Waals surface area contributed by atoms with Crippen molar-refractivity contribution in [2.45, 2.75) is 32.2 Å². The molecule has 3 nitrogen and oxygen atoms in total. The SMILES string of the molecule is CC(C)N=C(NN)C1CC1c1ccccc1. The molecule has 2 rings (SSSR count). The second-order valence-electron chi connectivity index (χ2n) is 4.61. The minimum absolute atomic E-state index is 0.295. The summed E-state index contributed by atoms with van der Waals surface area (Å²) >= 11 is 0. The maximum atomic E-state index is 5.52. The van der Waals surface area contributed by atoms with E-state index in [1.165, 1.54) is 5.56 Å². The summed E-state index contributed by atoms with van der Waals surface area (Å²) in [5, 5.41) is 0. The van der Waals surface area contributed by atoms with Crippen LogP contribution < -0.4 is 11.3 Å². The van der Waals surface area contributed by atoms with Gasteiger partial charge in [-0.15, -0.1) is 0 Å². The molecule has 2 unspecified atom stereocenters. The Labute approximate surface area is 96.7 Å². The Morgan fingerprint density at radius 1 is 1.38 bits per heavy atom. The Morgan fingerprint density at radius 2 is 2.06 bits per heavy atom. The molecular formula is C13H19N3. The van der Waals surface area contributed by atoms with Crippen molar-refractivity contribution in [1.82, 2.24) is 5.43 Å². The highest BCUT2D eigenvalue weighted by Crippen LogP contribution is 2.47. The van der Waals surface area contributed by atoms with Crippen LogP contribution in [0, 0.1) is 5.92 Å². The molecule has 3 N–H and O–H groups in total. The van der Waals surface area contributed by atoms with E-state index in [1.807, 2.05) is 6.07 Å². The van der Waals surface area contributed by atoms with E-state index in [1.54, 1.807) is 0 Å². The third-order valence-electron chi connectivity index (χ3n) is 2.91. The number of nitrogens with one attached hydrogen (secondary N) is 1. The van der Waals surface area contributed by atoms with Crippen molar-refractivity contribution in [3.8, 4) is 0 Å². The lowest BCUT2D eigenvalue weighted by Gasteiger charge is -2.07. The number of benzene rings is 1. The van der Waals surface area contributed by atoms with Crippen molar-refractivity contribution < 1.29 is 0 Å². The lowest BCUT2D eigenvalue weighted by atomic mass is 10.1. The molecule has 1 aromatic rings. The Morgan fingerprint density at radius 3 is 2.62 bits per heavy atom. The van der Waals surface area contributed by atoms with Crippen LogP contribution in [0.4, 0.5) is 0 Å². The van der Waals surface area contributed by atoms with Gasteiger partial charge in [0.25, 0.3) is 0 Å². The van der Waals surface area contributed by atoms with Gasteiger partial charge < -0.3 is 5.43 Å². The maximum Gasteiger partial charge on any atom is 0.114 e. The third kappa shape index (κ3) is 2.42. The second kappa shape index (κ2) is 4.66. The molecular weight excluding hydrogens is 198 g/mol. The number of rotatable bonds is 3. The van der Waals surface area contributed by atoms with Crippen molar-refractivity contribution in [1.29, 1.82) is 0 Å². The molecule has 3 heteroatoms. The molecule has 1 aliphatic rings. The van der Waals surface area contributed by atoms with Gasteiger partial charge in [-0.2, -0.15) is 0 Å². The monoisotopic (exact) mass is 217 g/mol. The van der Waals surface area contributed by atoms with E-state index in [-0.39, 0.29) is 0 Å². The van der Waals surface area contributed by atoms with Crippen LogP contribution in [0.1, 0.15) is 31.7 Å². The van der Waals surface area contributed by atoms with Gasteiger partial charge in [-0.1, -0.05) is 30.3 Å². The number of nitrogens with zero attached hydrogens (tertiary/aromatic N) is 1. The van der Waals surface area contributed by atoms with Crippen LogP contribution in [-0.4, -0.2) is 11.9 Å². The number of amidine groups is 1. The van der Waals surface area contributed by atoms with Gasteiger partial charge in [0.05, 0.1) is 0 Å². The summed E-state index contributed by atoms with van der Waals surface area (Å²) in [6.07, 6.45) is 1.15. The van der Waals surface area contributed by atoms with Crippen molar-refractivity contribution >= 4 is 5.84 Å². The van der Waals surface area contributed by atoms with Crippen LogP contribution in [0.15, 0.2) is 35.3 Å². The quantitative estimate of drug-likeness (QED) is 0.352. The van der Waals surface area contributed by atoms with E-state index in [4.69, 9.17) is 5.84 Å². The van der Waals surface area contributed by atoms with Crippen LogP contribution in [0.2, 0.25) is 0 Å². The van der Waals surface area contributed by atoms with Crippen LogP contribution in [0.3, 0.4) is 0 Å². The molecule has 1 saturated carbocycles. The van der Waals surface area contributed by atoms with E-state index < -0.39 is 0 Å². The van der Waals surface area contributed by atoms with Crippen LogP contribution in [0.5, 0.6) is 0 Å². The van der Waals surface area contributed by atoms with Crippen molar-refractivity contribution in [2.75, 3.05) is 0 Å². The first kappa shape index (κ1) is 11.1. The van der Waals surface area contributed by atoms with Gasteiger partial charge in [-0.3, -0.25) is 4.99 Å². The average Bonchev–Trinajstić information content (AvgIpc) is 3.07. The molecule has 1 fully saturated rings. The van der Waals surface area contributed by atoms with Crippen molar-refractivity contribution in [2.24, 2.45) is 16.8 Å². The van der Waals surface area contributed by atoms with Gasteiger partial charge in [0.1, 0.15) is 5.84 Å². The van der Waals surface area contributed by atoms with Gasteiger partial charge in [0.2, 0.25) is 0 Å². The molecule has 0 spiro atoms. The van der Waals surface area contributed by atoms with Gasteiger partial charge in [0, 0.05) is 12.0 Å². The Bertz CT molecular complexity index is 370. The van der Waals surface area contributed by atoms with Gasteiger partial charge in [-0.25, -0.2) is 5.84 Å². The molecule has 1 aliphatic carbocycles. The summed E-state index contributed by atoms with van der Waals surface area (Å²) in [5.41, 5.74) is 4.13. The van der Waals surface area contributed by atoms with E-state index in [9.17, 15) is 0 Å². The highest BCUT2D eigenvalue weighted by atomic mass is 15.3. The topological polar surface area (TPSA) is 50.4 Å². The Hall–Kier alpha value is -1.35. The average molecular weight is 217 g/mol. The fraction of sp³-hybridized carbons (Fsp3) is 0.462. The predicted molar refractivity (Wildman–Crippen MR) is 67.2 cm³/mol. The van der Waals surface area contributed by atoms with Gasteiger partial charge >= 0.3 is 0 Å². The Balaban J connectivity index is 2.06. The van der Waals surface area contributed by atoms with E-state index in [0.29, 0.717) is 17.9 Å². The molecule has 0 heterocycles. The van der Waals surface area contributed by atoms with E-state index in [0.717, 1.165) is 12.3 Å². The Kier molecular flexibility index (Phi) is 3.25. The molecule has 0 aromatic heterocycles. The maximum absolute atomic E-state index is 5.52. The first-order valence-electron chi connectivity index (χ1n) is 5.81. The lowest BCUT2D eigenvalue weighted by molar-refractivity contribution is 0.797. The van der Waals surface area contributed by atoms with Crippen LogP contribution in [-0.2, 0) is 0 Å². The van der Waals surface area contributed by atoms with Crippen LogP contribution >= 0.6 is 0 Å². The minimum atomic E-state index is 0.295. The summed E-state index contributed by atoms with van der Waals surface area (Å²) in [5.74, 6) is 7.54. The zero-order valence-corrected chi connectivity index (χ0v) is 9.85. The predicted octanol–water partition coefficient (Wildman–Crippen LogP) is 2.06. The molecule has 0 aliphatic heterocycles. The minimum Gasteiger partial charge on any atom is -0.312 e. The number of hydrazine groups is 1. The smallest absolute Gasteiger partial charge is 0.114 e. The van der Waals surface area contributed by atoms with Gasteiger partial charge in [0.15, 0.2) is 0 Å². The normalized spacial score (nSPS) is 24.6. The second-order valence-corrected chi connectivity index (χ2v) is 4.61. The number of aliphatic imine (C=N–C) groups is 1. The summed E-state index contributed by atoms with van der Waals surface area (Å²) in [4.78, 5) is 4.51. The number of hydrogen-bond donors (Lipinski definition) is 2. The van der Waals surface area contributed by atoms with Crippen molar-refractivity contribution in [3.05, 3.63) is 35.9 Å². The number of nitrogens with two attached hydrogens (primary N) is 1. The molecule has 0 saturated heterocycles. The summed E-state index contributed by atoms with van der Waals surface area (Å²) in [6, 6.07) is 10.9. The fourth-order valence-corrected chi connectivity index (χ4v) is 2.08. The molecule has 0 amide bonds. The van der Waals surface area contributed by atoms with E-state index in [2.05, 4.69) is 48.5 Å². The molecule has 16 heavy (non-hydrogen) atoms. The van der Waals surface area contributed by atoms with Gasteiger partial charge in [-0.05, 0) is 31.7 Å². The summed E-state index contributed by atoms with van der Waals surface area (Å²) < 4.78 is 0. The van der Waals surface area contributed by atoms with E-state index >= 15 is 0 Å². The fourth-order valence-electron chi connectivity index (χ4n) is 2.08. The molecule has 0 bridgehead atoms. The van der Waals surface area contributed by atoms with Crippen molar-refractivity contribution in [3.63, 3.8) is 0 Å². The molecule has 2 atom stereocenters. The third-order valence-corrected chi connectivity index (χ3v) is 2.91. The lowest BCUT2D eigenvalue weighted by Crippen LogP contribution is -2.33. The highest BCUT2D eigenvalue weighted by molar-refractivity contribution is 5.87. The zero-order chi connectivity index (χ0) is 11.5. The summed E-state index contributed by atoms with van der Waals surface area (Å²) in [7, 11) is 0. The first-order chi connectivity index (χ1) is 7.72. The number of hydrogen-bond acceptors (Lipinski definition) is 2. The highest BCUT2D eigenvalue weighted by Gasteiger charge is 2.42. The molecule has 1 aromatic carbocycles. The largest absolute Gasteiger partial charge is 0.312 e.